The van der Waals surface area contributed by atoms with Gasteiger partial charge in [0.25, 0.3) is 0 Å². The summed E-state index contributed by atoms with van der Waals surface area (Å²) in [5.74, 6) is -5.35. The van der Waals surface area contributed by atoms with E-state index in [1.807, 2.05) is 85.7 Å². The van der Waals surface area contributed by atoms with E-state index >= 15 is 0 Å². The average Bonchev–Trinajstić information content (AvgIpc) is 3.12. The third-order valence-electron chi connectivity index (χ3n) is 10.4. The van der Waals surface area contributed by atoms with Gasteiger partial charge in [-0.05, 0) is 75.2 Å². The predicted molar refractivity (Wildman–Crippen MR) is 221 cm³/mol. The number of hydrogen-bond donors (Lipinski definition) is 2. The van der Waals surface area contributed by atoms with Crippen molar-refractivity contribution in [2.75, 3.05) is 21.1 Å². The van der Waals surface area contributed by atoms with Crippen LogP contribution in [0.5, 0.6) is 0 Å². The van der Waals surface area contributed by atoms with E-state index in [1.165, 1.54) is 35.6 Å². The first kappa shape index (κ1) is 50.9. The predicted octanol–water partition coefficient (Wildman–Crippen LogP) is 5.41. The Morgan fingerprint density at radius 2 is 1.02 bits per heavy atom. The normalized spacial score (nSPS) is 15.3. The van der Waals surface area contributed by atoms with Crippen molar-refractivity contribution in [3.63, 3.8) is 0 Å². The highest BCUT2D eigenvalue weighted by molar-refractivity contribution is 5.96. The van der Waals surface area contributed by atoms with Gasteiger partial charge in [-0.25, -0.2) is 9.59 Å². The molecule has 0 saturated heterocycles. The smallest absolute Gasteiger partial charge is 0.344 e. The molecule has 0 aliphatic heterocycles. The van der Waals surface area contributed by atoms with E-state index in [-0.39, 0.29) is 66.3 Å². The van der Waals surface area contributed by atoms with Gasteiger partial charge >= 0.3 is 11.9 Å². The zero-order valence-electron chi connectivity index (χ0n) is 36.8. The number of Topliss-reactive ketones (excluding diaryl/α,β-unsaturated/α-hetero) is 2. The number of benzene rings is 1. The van der Waals surface area contributed by atoms with Crippen LogP contribution in [0.1, 0.15) is 113 Å². The van der Waals surface area contributed by atoms with Crippen molar-refractivity contribution in [1.82, 2.24) is 14.7 Å². The molecule has 13 nitrogen and oxygen atoms in total. The van der Waals surface area contributed by atoms with Crippen LogP contribution in [0.4, 0.5) is 0 Å². The Kier molecular flexibility index (Phi) is 21.4. The highest BCUT2D eigenvalue weighted by Crippen LogP contribution is 2.27. The van der Waals surface area contributed by atoms with Gasteiger partial charge in [0.2, 0.25) is 17.7 Å². The lowest BCUT2D eigenvalue weighted by atomic mass is 9.85. The number of carboxylic acids is 1. The number of carboxylic acid groups (broad SMARTS) is 1. The van der Waals surface area contributed by atoms with Gasteiger partial charge in [-0.3, -0.25) is 24.0 Å². The summed E-state index contributed by atoms with van der Waals surface area (Å²) in [6, 6.07) is 5.59. The summed E-state index contributed by atoms with van der Waals surface area (Å²) in [6.07, 6.45) is -0.0414. The van der Waals surface area contributed by atoms with Gasteiger partial charge in [0.1, 0.15) is 6.04 Å². The molecule has 3 amide bonds. The number of esters is 1. The second-order valence-corrected chi connectivity index (χ2v) is 17.5. The molecule has 0 unspecified atom stereocenters. The first-order chi connectivity index (χ1) is 26.4. The Morgan fingerprint density at radius 3 is 1.46 bits per heavy atom. The van der Waals surface area contributed by atoms with Crippen LogP contribution in [0.3, 0.4) is 0 Å². The number of carbonyl (C=O) groups excluding carboxylic acids is 6. The first-order valence-corrected chi connectivity index (χ1v) is 20.5. The third-order valence-corrected chi connectivity index (χ3v) is 10.4. The SMILES string of the molecule is CC(C)C[C@H](CC(=O)[C@H](Cc1ccccc1)N(C)C(=O)[C@@H](CC(=O)[C@H](CC(C)C)N(C)C(=O)[C@@H](N)CC(C)C)CC(C)C)C(=O)N(C)[C@@H](C)C(=O)O[C@H](C)C(=O)O. The second-order valence-electron chi connectivity index (χ2n) is 17.5. The van der Waals surface area contributed by atoms with Gasteiger partial charge in [0.15, 0.2) is 17.7 Å². The molecule has 3 N–H and O–H groups in total. The Balaban J connectivity index is 3.55. The molecule has 7 atom stereocenters. The number of carbonyl (C=O) groups is 7. The number of nitrogens with two attached hydrogens (primary N) is 1. The van der Waals surface area contributed by atoms with Gasteiger partial charge < -0.3 is 30.3 Å². The zero-order chi connectivity index (χ0) is 43.9. The van der Waals surface area contributed by atoms with Crippen molar-refractivity contribution in [3.05, 3.63) is 35.9 Å². The van der Waals surface area contributed by atoms with Crippen molar-refractivity contribution in [1.29, 1.82) is 0 Å². The van der Waals surface area contributed by atoms with Crippen molar-refractivity contribution < 1.29 is 43.4 Å². The lowest BCUT2D eigenvalue weighted by Crippen LogP contribution is -2.51. The molecule has 0 radical (unpaired) electrons. The van der Waals surface area contributed by atoms with Crippen LogP contribution in [0.2, 0.25) is 0 Å². The summed E-state index contributed by atoms with van der Waals surface area (Å²) in [5.41, 5.74) is 7.06. The maximum atomic E-state index is 14.6. The largest absolute Gasteiger partial charge is 0.479 e. The van der Waals surface area contributed by atoms with Crippen molar-refractivity contribution in [2.24, 2.45) is 41.2 Å². The van der Waals surface area contributed by atoms with Gasteiger partial charge in [-0.2, -0.15) is 0 Å². The van der Waals surface area contributed by atoms with Crippen molar-refractivity contribution in [2.45, 2.75) is 144 Å². The fourth-order valence-corrected chi connectivity index (χ4v) is 7.12. The molecular formula is C44H72N4O9. The summed E-state index contributed by atoms with van der Waals surface area (Å²) < 4.78 is 5.02. The fraction of sp³-hybridized carbons (Fsp3) is 0.705. The molecular weight excluding hydrogens is 729 g/mol. The van der Waals surface area contributed by atoms with Crippen LogP contribution in [0.25, 0.3) is 0 Å². The molecule has 1 aromatic carbocycles. The first-order valence-electron chi connectivity index (χ1n) is 20.5. The summed E-state index contributed by atoms with van der Waals surface area (Å²) in [6.45, 7) is 18.3. The lowest BCUT2D eigenvalue weighted by molar-refractivity contribution is -0.167. The molecule has 0 aliphatic carbocycles. The van der Waals surface area contributed by atoms with Crippen molar-refractivity contribution >= 4 is 41.2 Å². The van der Waals surface area contributed by atoms with Gasteiger partial charge in [-0.15, -0.1) is 0 Å². The number of amides is 3. The Hall–Kier alpha value is -4.13. The zero-order valence-corrected chi connectivity index (χ0v) is 36.8. The number of ether oxygens (including phenoxy) is 1. The van der Waals surface area contributed by atoms with Crippen LogP contribution < -0.4 is 5.73 Å². The van der Waals surface area contributed by atoms with Crippen LogP contribution in [0.15, 0.2) is 30.3 Å². The Morgan fingerprint density at radius 1 is 0.596 bits per heavy atom. The molecule has 1 rings (SSSR count). The molecule has 13 heteroatoms. The molecule has 0 heterocycles. The third kappa shape index (κ3) is 16.7. The Bertz CT molecular complexity index is 1500. The van der Waals surface area contributed by atoms with Gasteiger partial charge in [0.05, 0.1) is 18.1 Å². The van der Waals surface area contributed by atoms with E-state index in [0.29, 0.717) is 25.7 Å². The second kappa shape index (κ2) is 23.9. The maximum Gasteiger partial charge on any atom is 0.344 e. The average molecular weight is 801 g/mol. The Labute approximate surface area is 341 Å². The summed E-state index contributed by atoms with van der Waals surface area (Å²) in [4.78, 5) is 98.7. The van der Waals surface area contributed by atoms with Crippen LogP contribution in [-0.4, -0.2) is 112 Å². The minimum atomic E-state index is -1.41. The van der Waals surface area contributed by atoms with E-state index in [4.69, 9.17) is 10.5 Å². The monoisotopic (exact) mass is 801 g/mol. The molecule has 0 aliphatic rings. The van der Waals surface area contributed by atoms with Gasteiger partial charge in [0, 0.05) is 45.8 Å². The standard InChI is InChI=1S/C44H72N4O9/c1-26(2)19-33(40(51)46(11)30(9)44(56)57-31(10)43(54)55)24-39(50)37(23-32-17-15-14-16-18-32)47(12)41(52)34(20-27(3)4)25-38(49)36(22-29(7)8)48(13)42(53)35(45)21-28(5)6/h14-18,26-31,33-37H,19-25,45H2,1-13H3,(H,54,55)/t30-,31+,33+,34+,35-,36-,37-/m0/s1. The van der Waals surface area contributed by atoms with E-state index in [0.717, 1.165) is 5.56 Å². The molecule has 0 saturated carbocycles. The lowest BCUT2D eigenvalue weighted by Gasteiger charge is -2.34. The maximum absolute atomic E-state index is 14.6. The molecule has 322 valence electrons. The van der Waals surface area contributed by atoms with E-state index in [2.05, 4.69) is 0 Å². The minimum absolute atomic E-state index is 0.00784. The van der Waals surface area contributed by atoms with E-state index < -0.39 is 60.0 Å². The fourth-order valence-electron chi connectivity index (χ4n) is 7.12. The van der Waals surface area contributed by atoms with Crippen molar-refractivity contribution in [3.8, 4) is 0 Å². The highest BCUT2D eigenvalue weighted by atomic mass is 16.6. The van der Waals surface area contributed by atoms with Crippen LogP contribution >= 0.6 is 0 Å². The minimum Gasteiger partial charge on any atom is -0.479 e. The van der Waals surface area contributed by atoms with Crippen LogP contribution in [0, 0.1) is 35.5 Å². The van der Waals surface area contributed by atoms with E-state index in [9.17, 15) is 38.7 Å². The molecule has 0 fully saturated rings. The summed E-state index contributed by atoms with van der Waals surface area (Å²) >= 11 is 0. The van der Waals surface area contributed by atoms with Crippen LogP contribution in [-0.2, 0) is 44.7 Å². The number of ketones is 2. The van der Waals surface area contributed by atoms with Gasteiger partial charge in [-0.1, -0.05) is 85.7 Å². The number of nitrogens with zero attached hydrogens (tertiary/aromatic N) is 3. The molecule has 1 aromatic rings. The number of aliphatic carboxylic acids is 1. The number of hydrogen-bond acceptors (Lipinski definition) is 9. The highest BCUT2D eigenvalue weighted by Gasteiger charge is 2.39. The molecule has 0 aromatic heterocycles. The van der Waals surface area contributed by atoms with E-state index in [1.54, 1.807) is 14.1 Å². The quantitative estimate of drug-likeness (QED) is 0.121. The molecule has 57 heavy (non-hydrogen) atoms. The number of rotatable bonds is 25. The summed E-state index contributed by atoms with van der Waals surface area (Å²) in [5, 5.41) is 9.19. The topological polar surface area (TPSA) is 185 Å². The molecule has 0 bridgehead atoms. The number of likely N-dealkylation sites (N-methyl/N-ethyl adjacent to an activating group) is 3. The summed E-state index contributed by atoms with van der Waals surface area (Å²) in [7, 11) is 4.57. The molecule has 0 spiro atoms.